The SMILES string of the molecule is COc1c(C)csc1[N+](=O)[O-]. The van der Waals surface area contributed by atoms with Crippen molar-refractivity contribution in [2.24, 2.45) is 0 Å². The quantitative estimate of drug-likeness (QED) is 0.507. The molecule has 0 N–H and O–H groups in total. The van der Waals surface area contributed by atoms with Crippen molar-refractivity contribution >= 4 is 16.3 Å². The highest BCUT2D eigenvalue weighted by molar-refractivity contribution is 7.13. The number of ether oxygens (including phenoxy) is 1. The first-order chi connectivity index (χ1) is 5.16. The predicted molar refractivity (Wildman–Crippen MR) is 42.3 cm³/mol. The maximum atomic E-state index is 10.3. The summed E-state index contributed by atoms with van der Waals surface area (Å²) < 4.78 is 4.85. The molecule has 0 fully saturated rings. The molecule has 60 valence electrons. The Kier molecular flexibility index (Phi) is 2.09. The van der Waals surface area contributed by atoms with E-state index in [1.165, 1.54) is 7.11 Å². The van der Waals surface area contributed by atoms with Crippen LogP contribution < -0.4 is 4.74 Å². The largest absolute Gasteiger partial charge is 0.489 e. The van der Waals surface area contributed by atoms with Crippen LogP contribution in [-0.4, -0.2) is 12.0 Å². The molecule has 0 amide bonds. The average molecular weight is 173 g/mol. The summed E-state index contributed by atoms with van der Waals surface area (Å²) >= 11 is 1.08. The molecule has 0 aliphatic carbocycles. The van der Waals surface area contributed by atoms with E-state index in [2.05, 4.69) is 0 Å². The molecular formula is C6H7NO3S. The third-order valence-corrected chi connectivity index (χ3v) is 2.30. The molecule has 5 heteroatoms. The van der Waals surface area contributed by atoms with E-state index in [0.29, 0.717) is 5.75 Å². The second-order valence-corrected chi connectivity index (χ2v) is 2.87. The van der Waals surface area contributed by atoms with Crippen LogP contribution in [0.25, 0.3) is 0 Å². The molecule has 0 aliphatic rings. The normalized spacial score (nSPS) is 9.64. The van der Waals surface area contributed by atoms with Crippen molar-refractivity contribution < 1.29 is 9.66 Å². The van der Waals surface area contributed by atoms with Crippen LogP contribution >= 0.6 is 11.3 Å². The fraction of sp³-hybridized carbons (Fsp3) is 0.333. The summed E-state index contributed by atoms with van der Waals surface area (Å²) in [5, 5.41) is 12.1. The van der Waals surface area contributed by atoms with Gasteiger partial charge < -0.3 is 4.74 Å². The van der Waals surface area contributed by atoms with Crippen LogP contribution in [-0.2, 0) is 0 Å². The van der Waals surface area contributed by atoms with E-state index in [1.807, 2.05) is 0 Å². The van der Waals surface area contributed by atoms with E-state index < -0.39 is 4.92 Å². The first-order valence-corrected chi connectivity index (χ1v) is 3.81. The average Bonchev–Trinajstić information content (AvgIpc) is 2.30. The molecule has 1 aromatic rings. The molecule has 0 spiro atoms. The van der Waals surface area contributed by atoms with E-state index in [0.717, 1.165) is 16.9 Å². The second kappa shape index (κ2) is 2.87. The Hall–Kier alpha value is -1.10. The summed E-state index contributed by atoms with van der Waals surface area (Å²) in [5.74, 6) is 0.375. The highest BCUT2D eigenvalue weighted by atomic mass is 32.1. The van der Waals surface area contributed by atoms with Crippen LogP contribution in [0.1, 0.15) is 5.56 Å². The number of nitro groups is 1. The van der Waals surface area contributed by atoms with Gasteiger partial charge in [-0.1, -0.05) is 11.3 Å². The molecule has 1 aromatic heterocycles. The maximum Gasteiger partial charge on any atom is 0.366 e. The molecule has 11 heavy (non-hydrogen) atoms. The summed E-state index contributed by atoms with van der Waals surface area (Å²) in [4.78, 5) is 9.90. The van der Waals surface area contributed by atoms with Gasteiger partial charge in [-0.25, -0.2) is 0 Å². The van der Waals surface area contributed by atoms with Crippen LogP contribution in [0.4, 0.5) is 5.00 Å². The Balaban J connectivity index is 3.15. The lowest BCUT2D eigenvalue weighted by Crippen LogP contribution is -1.89. The maximum absolute atomic E-state index is 10.3. The third-order valence-electron chi connectivity index (χ3n) is 1.27. The molecule has 0 aromatic carbocycles. The lowest BCUT2D eigenvalue weighted by atomic mass is 10.3. The predicted octanol–water partition coefficient (Wildman–Crippen LogP) is 1.97. The number of hydrogen-bond donors (Lipinski definition) is 0. The van der Waals surface area contributed by atoms with Gasteiger partial charge in [0.2, 0.25) is 5.75 Å². The van der Waals surface area contributed by atoms with Gasteiger partial charge in [-0.05, 0) is 6.92 Å². The fourth-order valence-corrected chi connectivity index (χ4v) is 1.63. The Labute approximate surface area is 67.6 Å². The Morgan fingerprint density at radius 1 is 1.73 bits per heavy atom. The van der Waals surface area contributed by atoms with Crippen molar-refractivity contribution in [2.45, 2.75) is 6.92 Å². The highest BCUT2D eigenvalue weighted by Gasteiger charge is 2.18. The summed E-state index contributed by atoms with van der Waals surface area (Å²) in [6, 6.07) is 0. The summed E-state index contributed by atoms with van der Waals surface area (Å²) in [6.45, 7) is 1.78. The van der Waals surface area contributed by atoms with Crippen molar-refractivity contribution in [1.82, 2.24) is 0 Å². The first kappa shape index (κ1) is 8.00. The molecule has 0 saturated carbocycles. The summed E-state index contributed by atoms with van der Waals surface area (Å²) in [7, 11) is 1.43. The van der Waals surface area contributed by atoms with Gasteiger partial charge in [0.1, 0.15) is 0 Å². The van der Waals surface area contributed by atoms with Gasteiger partial charge in [-0.3, -0.25) is 10.1 Å². The van der Waals surface area contributed by atoms with E-state index >= 15 is 0 Å². The molecule has 0 radical (unpaired) electrons. The molecule has 0 aliphatic heterocycles. The lowest BCUT2D eigenvalue weighted by molar-refractivity contribution is -0.381. The van der Waals surface area contributed by atoms with E-state index in [9.17, 15) is 10.1 Å². The van der Waals surface area contributed by atoms with Gasteiger partial charge in [0, 0.05) is 10.9 Å². The fourth-order valence-electron chi connectivity index (χ4n) is 0.794. The van der Waals surface area contributed by atoms with Crippen molar-refractivity contribution in [1.29, 1.82) is 0 Å². The Morgan fingerprint density at radius 3 is 2.73 bits per heavy atom. The molecule has 1 heterocycles. The molecule has 4 nitrogen and oxygen atoms in total. The lowest BCUT2D eigenvalue weighted by Gasteiger charge is -1.95. The van der Waals surface area contributed by atoms with Crippen molar-refractivity contribution in [3.8, 4) is 5.75 Å². The van der Waals surface area contributed by atoms with E-state index in [1.54, 1.807) is 12.3 Å². The smallest absolute Gasteiger partial charge is 0.366 e. The number of methoxy groups -OCH3 is 1. The minimum absolute atomic E-state index is 0.0741. The molecule has 1 rings (SSSR count). The highest BCUT2D eigenvalue weighted by Crippen LogP contribution is 2.36. The van der Waals surface area contributed by atoms with Gasteiger partial charge in [0.25, 0.3) is 0 Å². The van der Waals surface area contributed by atoms with Crippen molar-refractivity contribution in [3.63, 3.8) is 0 Å². The molecular weight excluding hydrogens is 166 g/mol. The van der Waals surface area contributed by atoms with Crippen LogP contribution in [0, 0.1) is 17.0 Å². The molecule has 0 bridgehead atoms. The second-order valence-electron chi connectivity index (χ2n) is 2.01. The minimum atomic E-state index is -0.434. The summed E-state index contributed by atoms with van der Waals surface area (Å²) in [6.07, 6.45) is 0. The molecule has 0 unspecified atom stereocenters. The zero-order valence-corrected chi connectivity index (χ0v) is 6.97. The first-order valence-electron chi connectivity index (χ1n) is 2.93. The van der Waals surface area contributed by atoms with Crippen LogP contribution in [0.15, 0.2) is 5.38 Å². The number of rotatable bonds is 2. The topological polar surface area (TPSA) is 52.4 Å². The van der Waals surface area contributed by atoms with Crippen molar-refractivity contribution in [3.05, 3.63) is 21.1 Å². The minimum Gasteiger partial charge on any atom is -0.489 e. The number of nitrogens with zero attached hydrogens (tertiary/aromatic N) is 1. The Bertz CT molecular complexity index is 281. The number of hydrogen-bond acceptors (Lipinski definition) is 4. The third kappa shape index (κ3) is 1.32. The van der Waals surface area contributed by atoms with Gasteiger partial charge in [0.05, 0.1) is 12.0 Å². The van der Waals surface area contributed by atoms with Crippen LogP contribution in [0.5, 0.6) is 5.75 Å². The zero-order chi connectivity index (χ0) is 8.43. The Morgan fingerprint density at radius 2 is 2.36 bits per heavy atom. The number of aryl methyl sites for hydroxylation is 1. The van der Waals surface area contributed by atoms with Gasteiger partial charge >= 0.3 is 5.00 Å². The van der Waals surface area contributed by atoms with Crippen LogP contribution in [0.3, 0.4) is 0 Å². The zero-order valence-electron chi connectivity index (χ0n) is 6.16. The van der Waals surface area contributed by atoms with Gasteiger partial charge in [-0.15, -0.1) is 0 Å². The van der Waals surface area contributed by atoms with Gasteiger partial charge in [0.15, 0.2) is 0 Å². The van der Waals surface area contributed by atoms with Crippen molar-refractivity contribution in [2.75, 3.05) is 7.11 Å². The standard InChI is InChI=1S/C6H7NO3S/c1-4-3-11-6(7(8)9)5(4)10-2/h3H,1-2H3. The van der Waals surface area contributed by atoms with E-state index in [-0.39, 0.29) is 5.00 Å². The van der Waals surface area contributed by atoms with Gasteiger partial charge in [-0.2, -0.15) is 0 Å². The van der Waals surface area contributed by atoms with E-state index in [4.69, 9.17) is 4.74 Å². The van der Waals surface area contributed by atoms with Crippen LogP contribution in [0.2, 0.25) is 0 Å². The molecule has 0 atom stereocenters. The molecule has 0 saturated heterocycles. The number of thiophene rings is 1. The summed E-state index contributed by atoms with van der Waals surface area (Å²) in [5.41, 5.74) is 0.809. The monoisotopic (exact) mass is 173 g/mol.